The van der Waals surface area contributed by atoms with Crippen molar-refractivity contribution in [1.29, 1.82) is 0 Å². The van der Waals surface area contributed by atoms with Crippen molar-refractivity contribution in [3.05, 3.63) is 35.4 Å². The maximum Gasteiger partial charge on any atom is 0.130 e. The third kappa shape index (κ3) is 2.19. The molecule has 1 radical (unpaired) electrons. The lowest BCUT2D eigenvalue weighted by Crippen LogP contribution is -2.24. The summed E-state index contributed by atoms with van der Waals surface area (Å²) in [5, 5.41) is 4.39. The highest BCUT2D eigenvalue weighted by molar-refractivity contribution is 5.18. The van der Waals surface area contributed by atoms with Crippen LogP contribution in [0.3, 0.4) is 0 Å². The third-order valence-corrected chi connectivity index (χ3v) is 3.79. The van der Waals surface area contributed by atoms with Crippen LogP contribution in [0.15, 0.2) is 18.2 Å². The molecule has 0 N–H and O–H groups in total. The first-order valence-corrected chi connectivity index (χ1v) is 6.02. The third-order valence-electron chi connectivity index (χ3n) is 3.79. The van der Waals surface area contributed by atoms with Gasteiger partial charge in [0.05, 0.1) is 0 Å². The molecule has 1 aromatic rings. The molecule has 3 rings (SSSR count). The molecule has 2 heterocycles. The molecule has 0 aromatic heterocycles. The van der Waals surface area contributed by atoms with Gasteiger partial charge in [-0.15, -0.1) is 0 Å². The molecule has 2 aliphatic heterocycles. The first-order chi connectivity index (χ1) is 8.22. The Hall–Kier alpha value is -1.00. The summed E-state index contributed by atoms with van der Waals surface area (Å²) in [5.74, 6) is 0.354. The SMILES string of the molecule is Fc1ccc(CN2CC3C[N]CC3C2)c(F)c1. The molecule has 2 saturated heterocycles. The van der Waals surface area contributed by atoms with Crippen molar-refractivity contribution in [2.24, 2.45) is 11.8 Å². The number of nitrogens with zero attached hydrogens (tertiary/aromatic N) is 2. The molecule has 1 aromatic carbocycles. The summed E-state index contributed by atoms with van der Waals surface area (Å²) in [6.45, 7) is 4.47. The minimum absolute atomic E-state index is 0.438. The van der Waals surface area contributed by atoms with E-state index in [1.165, 1.54) is 6.07 Å². The van der Waals surface area contributed by atoms with Crippen LogP contribution in [-0.4, -0.2) is 31.1 Å². The first-order valence-electron chi connectivity index (χ1n) is 6.02. The first kappa shape index (κ1) is 11.1. The Kier molecular flexibility index (Phi) is 2.84. The van der Waals surface area contributed by atoms with Gasteiger partial charge in [0.25, 0.3) is 0 Å². The summed E-state index contributed by atoms with van der Waals surface area (Å²) >= 11 is 0. The van der Waals surface area contributed by atoms with E-state index in [9.17, 15) is 8.78 Å². The number of benzene rings is 1. The average Bonchev–Trinajstić information content (AvgIpc) is 2.82. The second-order valence-corrected chi connectivity index (χ2v) is 5.04. The summed E-state index contributed by atoms with van der Waals surface area (Å²) in [6.07, 6.45) is 0. The molecule has 0 spiro atoms. The molecule has 2 aliphatic rings. The number of halogens is 2. The number of hydrogen-bond donors (Lipinski definition) is 0. The van der Waals surface area contributed by atoms with Gasteiger partial charge in [0.1, 0.15) is 11.6 Å². The Morgan fingerprint density at radius 2 is 1.88 bits per heavy atom. The molecular formula is C13H15F2N2. The summed E-state index contributed by atoms with van der Waals surface area (Å²) in [7, 11) is 0. The maximum absolute atomic E-state index is 13.5. The molecule has 91 valence electrons. The Balaban J connectivity index is 1.67. The van der Waals surface area contributed by atoms with Crippen LogP contribution in [0, 0.1) is 23.5 Å². The van der Waals surface area contributed by atoms with Crippen LogP contribution in [0.25, 0.3) is 0 Å². The fourth-order valence-corrected chi connectivity index (χ4v) is 2.88. The van der Waals surface area contributed by atoms with Crippen LogP contribution in [0.5, 0.6) is 0 Å². The maximum atomic E-state index is 13.5. The lowest BCUT2D eigenvalue weighted by molar-refractivity contribution is 0.300. The highest BCUT2D eigenvalue weighted by Gasteiger charge is 2.36. The number of hydrogen-bond acceptors (Lipinski definition) is 1. The van der Waals surface area contributed by atoms with Crippen LogP contribution < -0.4 is 5.32 Å². The van der Waals surface area contributed by atoms with Crippen molar-refractivity contribution in [2.75, 3.05) is 26.2 Å². The van der Waals surface area contributed by atoms with E-state index in [1.54, 1.807) is 6.07 Å². The molecule has 2 unspecified atom stereocenters. The van der Waals surface area contributed by atoms with Crippen LogP contribution in [0.2, 0.25) is 0 Å². The van der Waals surface area contributed by atoms with Crippen molar-refractivity contribution in [3.8, 4) is 0 Å². The summed E-state index contributed by atoms with van der Waals surface area (Å²) in [4.78, 5) is 2.25. The second kappa shape index (κ2) is 4.35. The van der Waals surface area contributed by atoms with E-state index in [0.29, 0.717) is 23.9 Å². The monoisotopic (exact) mass is 237 g/mol. The molecule has 0 bridgehead atoms. The molecule has 2 fully saturated rings. The van der Waals surface area contributed by atoms with E-state index in [-0.39, 0.29) is 0 Å². The van der Waals surface area contributed by atoms with Gasteiger partial charge in [-0.3, -0.25) is 4.90 Å². The topological polar surface area (TPSA) is 17.3 Å². The van der Waals surface area contributed by atoms with E-state index in [2.05, 4.69) is 10.2 Å². The Labute approximate surface area is 99.6 Å². The van der Waals surface area contributed by atoms with Gasteiger partial charge in [0.2, 0.25) is 0 Å². The molecule has 2 atom stereocenters. The van der Waals surface area contributed by atoms with Gasteiger partial charge in [-0.25, -0.2) is 14.1 Å². The van der Waals surface area contributed by atoms with E-state index in [0.717, 1.165) is 32.2 Å². The zero-order valence-electron chi connectivity index (χ0n) is 9.57. The lowest BCUT2D eigenvalue weighted by atomic mass is 10.0. The molecular weight excluding hydrogens is 222 g/mol. The minimum atomic E-state index is -0.511. The molecule has 0 aliphatic carbocycles. The molecule has 17 heavy (non-hydrogen) atoms. The number of likely N-dealkylation sites (tertiary alicyclic amines) is 1. The fourth-order valence-electron chi connectivity index (χ4n) is 2.88. The Morgan fingerprint density at radius 3 is 2.53 bits per heavy atom. The smallest absolute Gasteiger partial charge is 0.130 e. The fraction of sp³-hybridized carbons (Fsp3) is 0.538. The normalized spacial score (nSPS) is 28.6. The molecule has 2 nitrogen and oxygen atoms in total. The molecule has 4 heteroatoms. The van der Waals surface area contributed by atoms with Gasteiger partial charge in [-0.2, -0.15) is 0 Å². The number of rotatable bonds is 2. The van der Waals surface area contributed by atoms with Crippen LogP contribution in [-0.2, 0) is 6.54 Å². The standard InChI is InChI=1S/C13H15F2N2/c14-12-2-1-9(13(15)3-12)6-17-7-10-4-16-5-11(10)8-17/h1-3,10-11H,4-8H2. The van der Waals surface area contributed by atoms with Gasteiger partial charge >= 0.3 is 0 Å². The van der Waals surface area contributed by atoms with Gasteiger partial charge < -0.3 is 0 Å². The van der Waals surface area contributed by atoms with Crippen LogP contribution >= 0.6 is 0 Å². The van der Waals surface area contributed by atoms with E-state index in [4.69, 9.17) is 0 Å². The lowest BCUT2D eigenvalue weighted by Gasteiger charge is -2.17. The van der Waals surface area contributed by atoms with Crippen LogP contribution in [0.4, 0.5) is 8.78 Å². The van der Waals surface area contributed by atoms with Gasteiger partial charge in [0, 0.05) is 44.4 Å². The average molecular weight is 237 g/mol. The zero-order chi connectivity index (χ0) is 11.8. The van der Waals surface area contributed by atoms with Gasteiger partial charge in [-0.05, 0) is 17.9 Å². The Morgan fingerprint density at radius 1 is 1.18 bits per heavy atom. The van der Waals surface area contributed by atoms with Crippen molar-refractivity contribution in [3.63, 3.8) is 0 Å². The number of fused-ring (bicyclic) bond motifs is 1. The highest BCUT2D eigenvalue weighted by Crippen LogP contribution is 2.28. The predicted octanol–water partition coefficient (Wildman–Crippen LogP) is 1.63. The van der Waals surface area contributed by atoms with Gasteiger partial charge in [-0.1, -0.05) is 6.07 Å². The van der Waals surface area contributed by atoms with E-state index in [1.807, 2.05) is 0 Å². The van der Waals surface area contributed by atoms with E-state index < -0.39 is 11.6 Å². The predicted molar refractivity (Wildman–Crippen MR) is 60.5 cm³/mol. The second-order valence-electron chi connectivity index (χ2n) is 5.04. The minimum Gasteiger partial charge on any atom is -0.298 e. The quantitative estimate of drug-likeness (QED) is 0.764. The van der Waals surface area contributed by atoms with Crippen molar-refractivity contribution in [1.82, 2.24) is 10.2 Å². The van der Waals surface area contributed by atoms with E-state index >= 15 is 0 Å². The Bertz CT molecular complexity index is 410. The van der Waals surface area contributed by atoms with Crippen molar-refractivity contribution in [2.45, 2.75) is 6.54 Å². The molecule has 0 amide bonds. The van der Waals surface area contributed by atoms with Crippen molar-refractivity contribution >= 4 is 0 Å². The summed E-state index contributed by atoms with van der Waals surface area (Å²) in [5.41, 5.74) is 0.586. The summed E-state index contributed by atoms with van der Waals surface area (Å²) < 4.78 is 26.3. The van der Waals surface area contributed by atoms with Gasteiger partial charge in [0.15, 0.2) is 0 Å². The largest absolute Gasteiger partial charge is 0.298 e. The zero-order valence-corrected chi connectivity index (χ0v) is 9.57. The van der Waals surface area contributed by atoms with Crippen molar-refractivity contribution < 1.29 is 8.78 Å². The summed E-state index contributed by atoms with van der Waals surface area (Å²) in [6, 6.07) is 3.83. The molecule has 0 saturated carbocycles. The highest BCUT2D eigenvalue weighted by atomic mass is 19.1. The van der Waals surface area contributed by atoms with Crippen LogP contribution in [0.1, 0.15) is 5.56 Å².